The van der Waals surface area contributed by atoms with Gasteiger partial charge in [-0.05, 0) is 24.1 Å². The number of anilines is 1. The quantitative estimate of drug-likeness (QED) is 0.615. The average Bonchev–Trinajstić information content (AvgIpc) is 2.91. The van der Waals surface area contributed by atoms with Gasteiger partial charge in [-0.3, -0.25) is 4.79 Å². The fourth-order valence-corrected chi connectivity index (χ4v) is 3.23. The van der Waals surface area contributed by atoms with Gasteiger partial charge in [0, 0.05) is 28.7 Å². The van der Waals surface area contributed by atoms with Gasteiger partial charge in [-0.15, -0.1) is 0 Å². The maximum Gasteiger partial charge on any atom is 0.272 e. The van der Waals surface area contributed by atoms with Crippen molar-refractivity contribution in [1.29, 1.82) is 0 Å². The zero-order valence-corrected chi connectivity index (χ0v) is 14.1. The van der Waals surface area contributed by atoms with Gasteiger partial charge in [0.15, 0.2) is 0 Å². The summed E-state index contributed by atoms with van der Waals surface area (Å²) in [6.45, 7) is 3.05. The van der Waals surface area contributed by atoms with Crippen molar-refractivity contribution in [2.45, 2.75) is 19.8 Å². The van der Waals surface area contributed by atoms with E-state index in [4.69, 9.17) is 0 Å². The van der Waals surface area contributed by atoms with Gasteiger partial charge in [-0.2, -0.15) is 5.10 Å². The summed E-state index contributed by atoms with van der Waals surface area (Å²) in [5.74, 6) is -0.183. The average molecular weight is 332 g/mol. The first-order chi connectivity index (χ1) is 12.3. The molecule has 0 bridgehead atoms. The Morgan fingerprint density at radius 1 is 1.16 bits per heavy atom. The largest absolute Gasteiger partial charge is 0.385 e. The molecule has 3 aromatic rings. The number of nitrogens with zero attached hydrogens (tertiary/aromatic N) is 1. The molecule has 4 rings (SSSR count). The molecule has 0 saturated heterocycles. The number of hydrogen-bond acceptors (Lipinski definition) is 3. The first-order valence-electron chi connectivity index (χ1n) is 8.60. The molecule has 0 radical (unpaired) electrons. The number of rotatable bonds is 5. The summed E-state index contributed by atoms with van der Waals surface area (Å²) < 4.78 is 0. The zero-order valence-electron chi connectivity index (χ0n) is 14.1. The maximum absolute atomic E-state index is 12.5. The number of nitrogens with one attached hydrogen (secondary N) is 3. The topological polar surface area (TPSA) is 69.3 Å². The van der Waals surface area contributed by atoms with E-state index in [-0.39, 0.29) is 5.91 Å². The number of hydrazone groups is 1. The minimum absolute atomic E-state index is 0.183. The lowest BCUT2D eigenvalue weighted by Crippen LogP contribution is -2.16. The number of benzene rings is 2. The highest BCUT2D eigenvalue weighted by atomic mass is 16.2. The van der Waals surface area contributed by atoms with Crippen LogP contribution in [0.5, 0.6) is 0 Å². The Morgan fingerprint density at radius 3 is 2.80 bits per heavy atom. The van der Waals surface area contributed by atoms with E-state index in [1.165, 1.54) is 0 Å². The number of unbranched alkanes of at least 4 members (excludes halogenated alkanes) is 1. The third kappa shape index (κ3) is 2.78. The molecule has 0 atom stereocenters. The van der Waals surface area contributed by atoms with E-state index in [0.717, 1.165) is 52.8 Å². The Kier molecular flexibility index (Phi) is 3.98. The van der Waals surface area contributed by atoms with E-state index in [0.29, 0.717) is 5.56 Å². The highest BCUT2D eigenvalue weighted by Crippen LogP contribution is 2.34. The van der Waals surface area contributed by atoms with Crippen molar-refractivity contribution in [3.8, 4) is 11.3 Å². The number of amides is 1. The van der Waals surface area contributed by atoms with Crippen LogP contribution >= 0.6 is 0 Å². The zero-order chi connectivity index (χ0) is 17.2. The fraction of sp³-hybridized carbons (Fsp3) is 0.200. The maximum atomic E-state index is 12.5. The van der Waals surface area contributed by atoms with Crippen LogP contribution in [0.2, 0.25) is 0 Å². The van der Waals surface area contributed by atoms with Crippen molar-refractivity contribution < 1.29 is 4.79 Å². The van der Waals surface area contributed by atoms with Crippen LogP contribution in [-0.2, 0) is 0 Å². The molecule has 0 spiro atoms. The Labute approximate surface area is 146 Å². The van der Waals surface area contributed by atoms with Crippen molar-refractivity contribution in [1.82, 2.24) is 10.4 Å². The van der Waals surface area contributed by atoms with Gasteiger partial charge in [0.25, 0.3) is 5.91 Å². The summed E-state index contributed by atoms with van der Waals surface area (Å²) in [7, 11) is 0. The first-order valence-corrected chi connectivity index (χ1v) is 8.60. The number of carbonyl (C=O) groups excluding carboxylic acids is 1. The normalized spacial score (nSPS) is 12.9. The molecule has 3 N–H and O–H groups in total. The Hall–Kier alpha value is -3.08. The molecule has 2 heterocycles. The minimum Gasteiger partial charge on any atom is -0.385 e. The highest BCUT2D eigenvalue weighted by Gasteiger charge is 2.21. The molecule has 2 aromatic carbocycles. The van der Waals surface area contributed by atoms with Gasteiger partial charge < -0.3 is 10.3 Å². The third-order valence-electron chi connectivity index (χ3n) is 4.46. The summed E-state index contributed by atoms with van der Waals surface area (Å²) in [4.78, 5) is 15.9. The molecule has 1 aliphatic heterocycles. The van der Waals surface area contributed by atoms with E-state index in [1.54, 1.807) is 6.21 Å². The van der Waals surface area contributed by atoms with Crippen LogP contribution in [0.1, 0.15) is 35.7 Å². The summed E-state index contributed by atoms with van der Waals surface area (Å²) in [5, 5.41) is 8.41. The molecule has 0 fully saturated rings. The van der Waals surface area contributed by atoms with Crippen molar-refractivity contribution in [3.05, 3.63) is 53.6 Å². The summed E-state index contributed by atoms with van der Waals surface area (Å²) in [6, 6.07) is 14.1. The van der Waals surface area contributed by atoms with Crippen LogP contribution in [0, 0.1) is 0 Å². The smallest absolute Gasteiger partial charge is 0.272 e. The molecule has 1 amide bonds. The molecule has 1 aliphatic rings. The second-order valence-corrected chi connectivity index (χ2v) is 6.21. The second kappa shape index (κ2) is 6.43. The molecule has 126 valence electrons. The van der Waals surface area contributed by atoms with Gasteiger partial charge in [-0.1, -0.05) is 43.7 Å². The van der Waals surface area contributed by atoms with Crippen LogP contribution in [0.25, 0.3) is 22.2 Å². The van der Waals surface area contributed by atoms with Crippen LogP contribution in [0.3, 0.4) is 0 Å². The molecular weight excluding hydrogens is 312 g/mol. The second-order valence-electron chi connectivity index (χ2n) is 6.21. The Balaban J connectivity index is 1.90. The molecule has 1 aromatic heterocycles. The SMILES string of the molecule is CCCCNc1cc2c3c(c(-c4ccccc4)[nH]c3c1)C=NNC2=O. The van der Waals surface area contributed by atoms with Crippen LogP contribution < -0.4 is 10.7 Å². The third-order valence-corrected chi connectivity index (χ3v) is 4.46. The molecule has 0 aliphatic carbocycles. The lowest BCUT2D eigenvalue weighted by Gasteiger charge is -2.08. The fourth-order valence-electron chi connectivity index (χ4n) is 3.23. The van der Waals surface area contributed by atoms with E-state index in [1.807, 2.05) is 24.3 Å². The van der Waals surface area contributed by atoms with Gasteiger partial charge in [0.2, 0.25) is 0 Å². The Bertz CT molecular complexity index is 957. The van der Waals surface area contributed by atoms with Crippen molar-refractivity contribution in [3.63, 3.8) is 0 Å². The monoisotopic (exact) mass is 332 g/mol. The minimum atomic E-state index is -0.183. The van der Waals surface area contributed by atoms with Gasteiger partial charge in [-0.25, -0.2) is 5.43 Å². The van der Waals surface area contributed by atoms with Crippen LogP contribution in [0.15, 0.2) is 47.6 Å². The summed E-state index contributed by atoms with van der Waals surface area (Å²) >= 11 is 0. The van der Waals surface area contributed by atoms with E-state index >= 15 is 0 Å². The number of aromatic amines is 1. The lowest BCUT2D eigenvalue weighted by molar-refractivity contribution is 0.0957. The lowest BCUT2D eigenvalue weighted by atomic mass is 10.0. The molecular formula is C20H20N4O. The van der Waals surface area contributed by atoms with Crippen molar-refractivity contribution >= 4 is 28.7 Å². The highest BCUT2D eigenvalue weighted by molar-refractivity contribution is 6.17. The molecule has 5 heteroatoms. The van der Waals surface area contributed by atoms with Gasteiger partial charge in [0.05, 0.1) is 17.5 Å². The van der Waals surface area contributed by atoms with E-state index < -0.39 is 0 Å². The summed E-state index contributed by atoms with van der Waals surface area (Å²) in [6.07, 6.45) is 3.94. The van der Waals surface area contributed by atoms with E-state index in [9.17, 15) is 4.79 Å². The predicted octanol–water partition coefficient (Wildman–Crippen LogP) is 4.12. The molecule has 5 nitrogen and oxygen atoms in total. The number of hydrogen-bond donors (Lipinski definition) is 3. The number of H-pyrrole nitrogens is 1. The van der Waals surface area contributed by atoms with Crippen LogP contribution in [0.4, 0.5) is 5.69 Å². The van der Waals surface area contributed by atoms with Gasteiger partial charge in [0.1, 0.15) is 0 Å². The van der Waals surface area contributed by atoms with E-state index in [2.05, 4.69) is 46.0 Å². The van der Waals surface area contributed by atoms with Crippen LogP contribution in [-0.4, -0.2) is 23.7 Å². The number of aromatic nitrogens is 1. The first kappa shape index (κ1) is 15.4. The van der Waals surface area contributed by atoms with Crippen molar-refractivity contribution in [2.24, 2.45) is 5.10 Å². The molecule has 0 saturated carbocycles. The standard InChI is InChI=1S/C20H20N4O/c1-2-3-9-21-14-10-15-18-16(12-22-24-20(15)25)19(23-17(18)11-14)13-7-5-4-6-8-13/h4-8,10-12,21,23H,2-3,9H2,1H3,(H,24,25). The number of carbonyl (C=O) groups is 1. The van der Waals surface area contributed by atoms with Gasteiger partial charge >= 0.3 is 0 Å². The Morgan fingerprint density at radius 2 is 2.00 bits per heavy atom. The van der Waals surface area contributed by atoms with Crippen molar-refractivity contribution in [2.75, 3.05) is 11.9 Å². The molecule has 0 unspecified atom stereocenters. The summed E-state index contributed by atoms with van der Waals surface area (Å²) in [5.41, 5.74) is 8.11. The molecule has 25 heavy (non-hydrogen) atoms. The predicted molar refractivity (Wildman–Crippen MR) is 102 cm³/mol.